The molecule has 0 atom stereocenters. The maximum Gasteiger partial charge on any atom is 0.294 e. The molecule has 3 amide bonds. The van der Waals surface area contributed by atoms with Gasteiger partial charge in [0, 0.05) is 11.6 Å². The van der Waals surface area contributed by atoms with Crippen molar-refractivity contribution in [3.05, 3.63) is 46.3 Å². The molecule has 1 fully saturated rings. The zero-order valence-corrected chi connectivity index (χ0v) is 14.7. The summed E-state index contributed by atoms with van der Waals surface area (Å²) in [6, 6.07) is 7.08. The van der Waals surface area contributed by atoms with E-state index in [2.05, 4.69) is 10.3 Å². The average Bonchev–Trinajstić information content (AvgIpc) is 3.20. The number of carbonyl (C=O) groups is 3. The van der Waals surface area contributed by atoms with E-state index >= 15 is 0 Å². The zero-order chi connectivity index (χ0) is 17.8. The van der Waals surface area contributed by atoms with Gasteiger partial charge in [0.1, 0.15) is 12.3 Å². The summed E-state index contributed by atoms with van der Waals surface area (Å²) < 4.78 is 5.08. The lowest BCUT2D eigenvalue weighted by Crippen LogP contribution is -2.36. The van der Waals surface area contributed by atoms with E-state index in [1.807, 2.05) is 0 Å². The van der Waals surface area contributed by atoms with Crippen molar-refractivity contribution in [2.45, 2.75) is 0 Å². The summed E-state index contributed by atoms with van der Waals surface area (Å²) >= 11 is 2.07. The van der Waals surface area contributed by atoms with Crippen LogP contribution in [-0.2, 0) is 9.59 Å². The number of nitrogens with zero attached hydrogens (tertiary/aromatic N) is 2. The van der Waals surface area contributed by atoms with Crippen LogP contribution in [0, 0.1) is 0 Å². The molecule has 9 heteroatoms. The second-order valence-electron chi connectivity index (χ2n) is 4.93. The normalized spacial score (nSPS) is 15.7. The highest BCUT2D eigenvalue weighted by atomic mass is 32.2. The van der Waals surface area contributed by atoms with Crippen LogP contribution in [0.15, 0.2) is 40.7 Å². The fourth-order valence-corrected chi connectivity index (χ4v) is 3.46. The number of aromatic nitrogens is 1. The van der Waals surface area contributed by atoms with Gasteiger partial charge in [-0.15, -0.1) is 11.3 Å². The van der Waals surface area contributed by atoms with E-state index in [1.165, 1.54) is 11.3 Å². The van der Waals surface area contributed by atoms with Crippen LogP contribution < -0.4 is 10.1 Å². The SMILES string of the molecule is COc1ccc(/C=C2/SC(=O)N(CC(=O)Nc3nccs3)C2=O)cc1. The quantitative estimate of drug-likeness (QED) is 0.809. The number of carbonyl (C=O) groups excluding carboxylic acids is 3. The third-order valence-electron chi connectivity index (χ3n) is 3.27. The molecular weight excluding hydrogens is 362 g/mol. The molecule has 25 heavy (non-hydrogen) atoms. The number of thioether (sulfide) groups is 1. The molecule has 1 aliphatic rings. The molecule has 128 valence electrons. The second-order valence-corrected chi connectivity index (χ2v) is 6.81. The van der Waals surface area contributed by atoms with Gasteiger partial charge in [-0.3, -0.25) is 19.3 Å². The molecule has 0 unspecified atom stereocenters. The molecule has 1 aromatic carbocycles. The number of amides is 3. The van der Waals surface area contributed by atoms with Crippen molar-refractivity contribution < 1.29 is 19.1 Å². The van der Waals surface area contributed by atoms with Gasteiger partial charge < -0.3 is 10.1 Å². The first-order valence-corrected chi connectivity index (χ1v) is 8.85. The maximum atomic E-state index is 12.4. The van der Waals surface area contributed by atoms with E-state index in [-0.39, 0.29) is 11.4 Å². The van der Waals surface area contributed by atoms with Gasteiger partial charge in [-0.1, -0.05) is 12.1 Å². The van der Waals surface area contributed by atoms with Crippen LogP contribution in [0.5, 0.6) is 5.75 Å². The van der Waals surface area contributed by atoms with Gasteiger partial charge in [0.05, 0.1) is 12.0 Å². The Kier molecular flexibility index (Phi) is 5.15. The molecular formula is C16H13N3O4S2. The maximum absolute atomic E-state index is 12.4. The molecule has 0 radical (unpaired) electrons. The van der Waals surface area contributed by atoms with Crippen molar-refractivity contribution in [3.63, 3.8) is 0 Å². The van der Waals surface area contributed by atoms with Crippen LogP contribution in [0.2, 0.25) is 0 Å². The van der Waals surface area contributed by atoms with Gasteiger partial charge in [0.25, 0.3) is 11.1 Å². The van der Waals surface area contributed by atoms with Crippen molar-refractivity contribution in [2.75, 3.05) is 19.0 Å². The lowest BCUT2D eigenvalue weighted by molar-refractivity contribution is -0.127. The third kappa shape index (κ3) is 4.06. The van der Waals surface area contributed by atoms with E-state index < -0.39 is 17.1 Å². The Morgan fingerprint density at radius 2 is 2.08 bits per heavy atom. The van der Waals surface area contributed by atoms with Crippen LogP contribution >= 0.6 is 23.1 Å². The third-order valence-corrected chi connectivity index (χ3v) is 4.86. The highest BCUT2D eigenvalue weighted by molar-refractivity contribution is 8.18. The Hall–Kier alpha value is -2.65. The summed E-state index contributed by atoms with van der Waals surface area (Å²) in [5, 5.41) is 4.21. The molecule has 0 bridgehead atoms. The Morgan fingerprint density at radius 3 is 2.72 bits per heavy atom. The van der Waals surface area contributed by atoms with Crippen LogP contribution in [0.1, 0.15) is 5.56 Å². The fourth-order valence-electron chi connectivity index (χ4n) is 2.08. The first-order chi connectivity index (χ1) is 12.1. The van der Waals surface area contributed by atoms with Crippen molar-refractivity contribution in [3.8, 4) is 5.75 Å². The van der Waals surface area contributed by atoms with Crippen molar-refractivity contribution in [2.24, 2.45) is 0 Å². The van der Waals surface area contributed by atoms with Gasteiger partial charge in [0.2, 0.25) is 5.91 Å². The van der Waals surface area contributed by atoms with Gasteiger partial charge >= 0.3 is 0 Å². The van der Waals surface area contributed by atoms with Crippen LogP contribution in [0.25, 0.3) is 6.08 Å². The molecule has 2 aromatic rings. The minimum absolute atomic E-state index is 0.275. The Morgan fingerprint density at radius 1 is 1.32 bits per heavy atom. The van der Waals surface area contributed by atoms with Crippen LogP contribution in [0.4, 0.5) is 9.93 Å². The molecule has 3 rings (SSSR count). The highest BCUT2D eigenvalue weighted by Gasteiger charge is 2.36. The molecule has 0 spiro atoms. The molecule has 2 heterocycles. The number of thiazole rings is 1. The number of ether oxygens (including phenoxy) is 1. The smallest absolute Gasteiger partial charge is 0.294 e. The van der Waals surface area contributed by atoms with E-state index in [1.54, 1.807) is 49.0 Å². The molecule has 0 saturated carbocycles. The van der Waals surface area contributed by atoms with E-state index in [0.717, 1.165) is 22.2 Å². The number of methoxy groups -OCH3 is 1. The Bertz CT molecular complexity index is 832. The molecule has 0 aliphatic carbocycles. The molecule has 1 aliphatic heterocycles. The van der Waals surface area contributed by atoms with Gasteiger partial charge in [-0.25, -0.2) is 4.98 Å². The number of benzene rings is 1. The summed E-state index contributed by atoms with van der Waals surface area (Å²) in [7, 11) is 1.57. The molecule has 7 nitrogen and oxygen atoms in total. The standard InChI is InChI=1S/C16H13N3O4S2/c1-23-11-4-2-10(3-5-11)8-12-14(21)19(16(22)25-12)9-13(20)18-15-17-6-7-24-15/h2-8H,9H2,1H3,(H,17,18,20)/b12-8+. The van der Waals surface area contributed by atoms with Crippen molar-refractivity contribution in [1.82, 2.24) is 9.88 Å². The minimum Gasteiger partial charge on any atom is -0.497 e. The van der Waals surface area contributed by atoms with E-state index in [0.29, 0.717) is 10.9 Å². The fraction of sp³-hybridized carbons (Fsp3) is 0.125. The second kappa shape index (κ2) is 7.49. The Labute approximate surface area is 151 Å². The van der Waals surface area contributed by atoms with Gasteiger partial charge in [0.15, 0.2) is 5.13 Å². The highest BCUT2D eigenvalue weighted by Crippen LogP contribution is 2.32. The number of nitrogens with one attached hydrogen (secondary N) is 1. The molecule has 1 aromatic heterocycles. The lowest BCUT2D eigenvalue weighted by Gasteiger charge is -2.11. The van der Waals surface area contributed by atoms with Gasteiger partial charge in [-0.2, -0.15) is 0 Å². The minimum atomic E-state index is -0.486. The molecule has 1 saturated heterocycles. The number of hydrogen-bond donors (Lipinski definition) is 1. The largest absolute Gasteiger partial charge is 0.497 e. The predicted octanol–water partition coefficient (Wildman–Crippen LogP) is 2.83. The van der Waals surface area contributed by atoms with E-state index in [9.17, 15) is 14.4 Å². The summed E-state index contributed by atoms with van der Waals surface area (Å²) in [5.74, 6) is -0.257. The summed E-state index contributed by atoms with van der Waals surface area (Å²) in [4.78, 5) is 41.5. The first-order valence-electron chi connectivity index (χ1n) is 7.15. The zero-order valence-electron chi connectivity index (χ0n) is 13.1. The number of hydrogen-bond acceptors (Lipinski definition) is 7. The summed E-state index contributed by atoms with van der Waals surface area (Å²) in [5.41, 5.74) is 0.763. The monoisotopic (exact) mass is 375 g/mol. The van der Waals surface area contributed by atoms with Crippen LogP contribution in [0.3, 0.4) is 0 Å². The van der Waals surface area contributed by atoms with Gasteiger partial charge in [-0.05, 0) is 35.5 Å². The van der Waals surface area contributed by atoms with Crippen LogP contribution in [-0.4, -0.2) is 40.6 Å². The first kappa shape index (κ1) is 17.2. The topological polar surface area (TPSA) is 88.6 Å². The molecule has 1 N–H and O–H groups in total. The number of imide groups is 1. The number of anilines is 1. The van der Waals surface area contributed by atoms with Crippen molar-refractivity contribution >= 4 is 51.4 Å². The average molecular weight is 375 g/mol. The van der Waals surface area contributed by atoms with E-state index in [4.69, 9.17) is 4.74 Å². The predicted molar refractivity (Wildman–Crippen MR) is 96.4 cm³/mol. The number of rotatable bonds is 5. The Balaban J connectivity index is 1.68. The summed E-state index contributed by atoms with van der Waals surface area (Å²) in [6.45, 7) is -0.343. The summed E-state index contributed by atoms with van der Waals surface area (Å²) in [6.07, 6.45) is 3.17. The van der Waals surface area contributed by atoms with Crippen molar-refractivity contribution in [1.29, 1.82) is 0 Å². The lowest BCUT2D eigenvalue weighted by atomic mass is 10.2.